The van der Waals surface area contributed by atoms with Crippen molar-refractivity contribution in [2.45, 2.75) is 25.5 Å². The molecular formula is C14H19FN2O2. The summed E-state index contributed by atoms with van der Waals surface area (Å²) in [5.41, 5.74) is 6.65. The highest BCUT2D eigenvalue weighted by molar-refractivity contribution is 5.81. The second-order valence-electron chi connectivity index (χ2n) is 4.71. The fourth-order valence-corrected chi connectivity index (χ4v) is 2.14. The largest absolute Gasteiger partial charge is 0.370 e. The van der Waals surface area contributed by atoms with Crippen LogP contribution in [0.3, 0.4) is 0 Å². The molecule has 0 radical (unpaired) electrons. The number of hydrogen-bond acceptors (Lipinski definition) is 3. The summed E-state index contributed by atoms with van der Waals surface area (Å²) in [7, 11) is 0. The topological polar surface area (TPSA) is 55.6 Å². The van der Waals surface area contributed by atoms with Crippen molar-refractivity contribution in [1.29, 1.82) is 0 Å². The van der Waals surface area contributed by atoms with Gasteiger partial charge in [-0.2, -0.15) is 0 Å². The van der Waals surface area contributed by atoms with Crippen molar-refractivity contribution in [2.75, 3.05) is 19.7 Å². The van der Waals surface area contributed by atoms with Crippen LogP contribution in [0.15, 0.2) is 24.3 Å². The van der Waals surface area contributed by atoms with Crippen molar-refractivity contribution >= 4 is 5.91 Å². The lowest BCUT2D eigenvalue weighted by Crippen LogP contribution is -2.49. The monoisotopic (exact) mass is 266 g/mol. The zero-order valence-corrected chi connectivity index (χ0v) is 11.0. The van der Waals surface area contributed by atoms with Crippen LogP contribution in [0.2, 0.25) is 0 Å². The molecule has 1 aliphatic rings. The first kappa shape index (κ1) is 14.0. The van der Waals surface area contributed by atoms with Crippen LogP contribution < -0.4 is 5.73 Å². The van der Waals surface area contributed by atoms with Gasteiger partial charge in [0.05, 0.1) is 19.2 Å². The molecule has 1 aromatic carbocycles. The quantitative estimate of drug-likeness (QED) is 0.901. The molecule has 4 nitrogen and oxygen atoms in total. The van der Waals surface area contributed by atoms with E-state index >= 15 is 0 Å². The number of amides is 1. The second-order valence-corrected chi connectivity index (χ2v) is 4.71. The lowest BCUT2D eigenvalue weighted by atomic mass is 10.1. The van der Waals surface area contributed by atoms with Crippen molar-refractivity contribution < 1.29 is 13.9 Å². The van der Waals surface area contributed by atoms with E-state index in [-0.39, 0.29) is 17.8 Å². The van der Waals surface area contributed by atoms with Crippen LogP contribution in [0.1, 0.15) is 25.0 Å². The Balaban J connectivity index is 2.04. The van der Waals surface area contributed by atoms with Crippen molar-refractivity contribution in [2.24, 2.45) is 5.73 Å². The summed E-state index contributed by atoms with van der Waals surface area (Å²) in [5, 5.41) is 0. The number of morpholine rings is 1. The number of carbonyl (C=O) groups excluding carboxylic acids is 1. The smallest absolute Gasteiger partial charge is 0.239 e. The van der Waals surface area contributed by atoms with Crippen molar-refractivity contribution in [1.82, 2.24) is 4.90 Å². The maximum absolute atomic E-state index is 12.9. The Bertz CT molecular complexity index is 436. The van der Waals surface area contributed by atoms with Gasteiger partial charge in [-0.05, 0) is 24.1 Å². The first-order valence-corrected chi connectivity index (χ1v) is 6.53. The highest BCUT2D eigenvalue weighted by atomic mass is 19.1. The van der Waals surface area contributed by atoms with Crippen LogP contribution in [0.25, 0.3) is 0 Å². The van der Waals surface area contributed by atoms with E-state index < -0.39 is 6.04 Å². The number of hydrogen-bond donors (Lipinski definition) is 1. The Morgan fingerprint density at radius 3 is 2.84 bits per heavy atom. The molecule has 0 bridgehead atoms. The van der Waals surface area contributed by atoms with E-state index in [1.54, 1.807) is 17.0 Å². The third kappa shape index (κ3) is 3.30. The van der Waals surface area contributed by atoms with E-state index in [1.165, 1.54) is 12.1 Å². The van der Waals surface area contributed by atoms with E-state index in [9.17, 15) is 9.18 Å². The maximum atomic E-state index is 12.9. The summed E-state index contributed by atoms with van der Waals surface area (Å²) >= 11 is 0. The number of benzene rings is 1. The molecule has 0 aromatic heterocycles. The zero-order valence-electron chi connectivity index (χ0n) is 11.0. The number of halogens is 1. The molecule has 2 unspecified atom stereocenters. The van der Waals surface area contributed by atoms with Gasteiger partial charge in [-0.25, -0.2) is 4.39 Å². The number of ether oxygens (including phenoxy) is 1. The first-order valence-electron chi connectivity index (χ1n) is 6.53. The minimum absolute atomic E-state index is 0.0436. The molecule has 0 saturated carbocycles. The molecule has 2 rings (SSSR count). The summed E-state index contributed by atoms with van der Waals surface area (Å²) in [6.45, 7) is 3.40. The summed E-state index contributed by atoms with van der Waals surface area (Å²) in [4.78, 5) is 13.8. The Hall–Kier alpha value is -1.46. The summed E-state index contributed by atoms with van der Waals surface area (Å²) < 4.78 is 18.5. The average Bonchev–Trinajstić information content (AvgIpc) is 2.46. The SMILES string of the molecule is CCC(N)C(=O)N1CCOC(c2ccc(F)cc2)C1. The van der Waals surface area contributed by atoms with Gasteiger partial charge in [-0.1, -0.05) is 19.1 Å². The summed E-state index contributed by atoms with van der Waals surface area (Å²) in [5.74, 6) is -0.321. The van der Waals surface area contributed by atoms with Gasteiger partial charge in [0.25, 0.3) is 0 Å². The van der Waals surface area contributed by atoms with E-state index in [0.717, 1.165) is 5.56 Å². The summed E-state index contributed by atoms with van der Waals surface area (Å²) in [6, 6.07) is 5.72. The molecule has 1 amide bonds. The number of nitrogens with zero attached hydrogens (tertiary/aromatic N) is 1. The van der Waals surface area contributed by atoms with Crippen LogP contribution in [0.5, 0.6) is 0 Å². The van der Waals surface area contributed by atoms with Gasteiger partial charge >= 0.3 is 0 Å². The molecule has 2 atom stereocenters. The van der Waals surface area contributed by atoms with Crippen LogP contribution in [0, 0.1) is 5.82 Å². The zero-order chi connectivity index (χ0) is 13.8. The van der Waals surface area contributed by atoms with E-state index in [1.807, 2.05) is 6.92 Å². The van der Waals surface area contributed by atoms with Gasteiger partial charge in [0.2, 0.25) is 5.91 Å². The summed E-state index contributed by atoms with van der Waals surface area (Å²) in [6.07, 6.45) is 0.416. The molecule has 104 valence electrons. The van der Waals surface area contributed by atoms with E-state index in [4.69, 9.17) is 10.5 Å². The Morgan fingerprint density at radius 2 is 2.21 bits per heavy atom. The van der Waals surface area contributed by atoms with Gasteiger partial charge in [-0.3, -0.25) is 4.79 Å². The number of nitrogens with two attached hydrogens (primary N) is 1. The third-order valence-corrected chi connectivity index (χ3v) is 3.38. The number of rotatable bonds is 3. The van der Waals surface area contributed by atoms with Gasteiger partial charge in [0, 0.05) is 6.54 Å². The highest BCUT2D eigenvalue weighted by Crippen LogP contribution is 2.22. The van der Waals surface area contributed by atoms with Gasteiger partial charge in [0.15, 0.2) is 0 Å². The molecule has 1 heterocycles. The molecule has 19 heavy (non-hydrogen) atoms. The predicted molar refractivity (Wildman–Crippen MR) is 69.9 cm³/mol. The molecular weight excluding hydrogens is 247 g/mol. The predicted octanol–water partition coefficient (Wildman–Crippen LogP) is 1.46. The first-order chi connectivity index (χ1) is 9.11. The van der Waals surface area contributed by atoms with Gasteiger partial charge < -0.3 is 15.4 Å². The van der Waals surface area contributed by atoms with Gasteiger partial charge in [0.1, 0.15) is 11.9 Å². The number of carbonyl (C=O) groups is 1. The average molecular weight is 266 g/mol. The maximum Gasteiger partial charge on any atom is 0.239 e. The normalized spacial score (nSPS) is 21.2. The Kier molecular flexibility index (Phi) is 4.50. The van der Waals surface area contributed by atoms with Crippen molar-refractivity contribution in [3.63, 3.8) is 0 Å². The van der Waals surface area contributed by atoms with Crippen molar-refractivity contribution in [3.05, 3.63) is 35.6 Å². The third-order valence-electron chi connectivity index (χ3n) is 3.38. The van der Waals surface area contributed by atoms with Crippen LogP contribution >= 0.6 is 0 Å². The molecule has 0 spiro atoms. The van der Waals surface area contributed by atoms with Crippen molar-refractivity contribution in [3.8, 4) is 0 Å². The molecule has 2 N–H and O–H groups in total. The minimum atomic E-state index is -0.452. The fourth-order valence-electron chi connectivity index (χ4n) is 2.14. The molecule has 0 aliphatic carbocycles. The highest BCUT2D eigenvalue weighted by Gasteiger charge is 2.27. The van der Waals surface area contributed by atoms with Crippen LogP contribution in [0.4, 0.5) is 4.39 Å². The molecule has 1 aromatic rings. The lowest BCUT2D eigenvalue weighted by molar-refractivity contribution is -0.140. The second kappa shape index (κ2) is 6.12. The standard InChI is InChI=1S/C14H19FN2O2/c1-2-12(16)14(18)17-7-8-19-13(9-17)10-3-5-11(15)6-4-10/h3-6,12-13H,2,7-9,16H2,1H3. The molecule has 5 heteroatoms. The van der Waals surface area contributed by atoms with E-state index in [2.05, 4.69) is 0 Å². The van der Waals surface area contributed by atoms with Crippen LogP contribution in [-0.2, 0) is 9.53 Å². The minimum Gasteiger partial charge on any atom is -0.370 e. The lowest BCUT2D eigenvalue weighted by Gasteiger charge is -2.34. The van der Waals surface area contributed by atoms with Crippen LogP contribution in [-0.4, -0.2) is 36.5 Å². The molecule has 1 aliphatic heterocycles. The Labute approximate surface area is 112 Å². The fraction of sp³-hybridized carbons (Fsp3) is 0.500. The molecule has 1 fully saturated rings. The Morgan fingerprint density at radius 1 is 1.53 bits per heavy atom. The van der Waals surface area contributed by atoms with E-state index in [0.29, 0.717) is 26.1 Å². The van der Waals surface area contributed by atoms with Gasteiger partial charge in [-0.15, -0.1) is 0 Å². The molecule has 1 saturated heterocycles.